The van der Waals surface area contributed by atoms with E-state index in [0.29, 0.717) is 24.8 Å². The molecule has 5 nitrogen and oxygen atoms in total. The van der Waals surface area contributed by atoms with Gasteiger partial charge in [0.15, 0.2) is 5.96 Å². The second kappa shape index (κ2) is 16.3. The minimum Gasteiger partial charge on any atom is -0.356 e. The minimum atomic E-state index is -0.356. The summed E-state index contributed by atoms with van der Waals surface area (Å²) in [4.78, 5) is 17.4. The summed E-state index contributed by atoms with van der Waals surface area (Å²) in [6.45, 7) is 5.47. The second-order valence-corrected chi connectivity index (χ2v) is 5.72. The zero-order valence-corrected chi connectivity index (χ0v) is 17.4. The van der Waals surface area contributed by atoms with Gasteiger partial charge in [0.1, 0.15) is 6.54 Å². The fourth-order valence-electron chi connectivity index (χ4n) is 1.92. The molecule has 0 aromatic heterocycles. The van der Waals surface area contributed by atoms with Gasteiger partial charge >= 0.3 is 0 Å². The van der Waals surface area contributed by atoms with Gasteiger partial charge in [-0.2, -0.15) is 0 Å². The van der Waals surface area contributed by atoms with E-state index < -0.39 is 0 Å². The van der Waals surface area contributed by atoms with Gasteiger partial charge in [-0.25, -0.2) is 4.99 Å². The van der Waals surface area contributed by atoms with Crippen molar-refractivity contribution in [1.29, 1.82) is 0 Å². The molecular formula is C16H34FIN4O. The van der Waals surface area contributed by atoms with Gasteiger partial charge in [-0.1, -0.05) is 33.1 Å². The quantitative estimate of drug-likeness (QED) is 0.223. The summed E-state index contributed by atoms with van der Waals surface area (Å²) in [5.74, 6) is 1.14. The molecule has 0 bridgehead atoms. The van der Waals surface area contributed by atoms with Crippen LogP contribution in [-0.4, -0.2) is 57.2 Å². The van der Waals surface area contributed by atoms with Crippen molar-refractivity contribution in [3.8, 4) is 0 Å². The van der Waals surface area contributed by atoms with Crippen molar-refractivity contribution in [2.75, 3.05) is 40.4 Å². The fourth-order valence-corrected chi connectivity index (χ4v) is 1.92. The van der Waals surface area contributed by atoms with Crippen molar-refractivity contribution in [2.24, 2.45) is 10.9 Å². The molecule has 0 rings (SSSR count). The maximum Gasteiger partial charge on any atom is 0.243 e. The van der Waals surface area contributed by atoms with Crippen LogP contribution >= 0.6 is 24.0 Å². The summed E-state index contributed by atoms with van der Waals surface area (Å²) in [7, 11) is 3.42. The summed E-state index contributed by atoms with van der Waals surface area (Å²) in [6, 6.07) is 0. The fraction of sp³-hybridized carbons (Fsp3) is 0.875. The minimum absolute atomic E-state index is 0. The molecule has 0 spiro atoms. The van der Waals surface area contributed by atoms with Crippen LogP contribution in [-0.2, 0) is 4.79 Å². The first-order chi connectivity index (χ1) is 10.5. The van der Waals surface area contributed by atoms with Crippen LogP contribution in [0.1, 0.15) is 46.0 Å². The van der Waals surface area contributed by atoms with Crippen LogP contribution in [0.3, 0.4) is 0 Å². The molecule has 0 aromatic carbocycles. The number of alkyl halides is 1. The number of guanidine groups is 1. The number of hydrogen-bond donors (Lipinski definition) is 2. The zero-order valence-electron chi connectivity index (χ0n) is 15.0. The number of unbranched alkanes of at least 4 members (excludes halogenated alkanes) is 1. The van der Waals surface area contributed by atoms with Gasteiger partial charge in [0, 0.05) is 27.2 Å². The van der Waals surface area contributed by atoms with Gasteiger partial charge in [0.2, 0.25) is 5.91 Å². The molecule has 0 saturated heterocycles. The van der Waals surface area contributed by atoms with Crippen LogP contribution in [0, 0.1) is 5.92 Å². The normalized spacial score (nSPS) is 12.3. The van der Waals surface area contributed by atoms with E-state index in [9.17, 15) is 9.18 Å². The molecule has 1 amide bonds. The van der Waals surface area contributed by atoms with E-state index in [2.05, 4.69) is 29.5 Å². The van der Waals surface area contributed by atoms with E-state index in [0.717, 1.165) is 13.0 Å². The third-order valence-corrected chi connectivity index (χ3v) is 3.58. The van der Waals surface area contributed by atoms with Crippen molar-refractivity contribution in [3.63, 3.8) is 0 Å². The van der Waals surface area contributed by atoms with E-state index in [-0.39, 0.29) is 43.1 Å². The standard InChI is InChI=1S/C16H33FN4O.HI/c1-5-7-9-14(6-2)12-19-16(18-11-8-10-17)20-13-15(22)21(3)4;/h14H,5-13H2,1-4H3,(H2,18,19,20);1H. The van der Waals surface area contributed by atoms with Crippen molar-refractivity contribution in [3.05, 3.63) is 0 Å². The van der Waals surface area contributed by atoms with Gasteiger partial charge < -0.3 is 15.5 Å². The molecule has 0 aliphatic rings. The predicted molar refractivity (Wildman–Crippen MR) is 106 cm³/mol. The smallest absolute Gasteiger partial charge is 0.243 e. The Hall–Kier alpha value is -0.600. The summed E-state index contributed by atoms with van der Waals surface area (Å²) < 4.78 is 12.2. The molecule has 0 aromatic rings. The molecule has 2 N–H and O–H groups in total. The van der Waals surface area contributed by atoms with Gasteiger partial charge in [-0.05, 0) is 18.8 Å². The second-order valence-electron chi connectivity index (χ2n) is 5.72. The molecular weight excluding hydrogens is 410 g/mol. The highest BCUT2D eigenvalue weighted by atomic mass is 127. The molecule has 0 saturated carbocycles. The summed E-state index contributed by atoms with van der Waals surface area (Å²) in [5, 5.41) is 6.36. The number of amides is 1. The van der Waals surface area contributed by atoms with E-state index in [1.807, 2.05) is 0 Å². The number of nitrogens with zero attached hydrogens (tertiary/aromatic N) is 2. The number of rotatable bonds is 11. The molecule has 1 unspecified atom stereocenters. The van der Waals surface area contributed by atoms with Gasteiger partial charge in [-0.15, -0.1) is 24.0 Å². The topological polar surface area (TPSA) is 56.7 Å². The number of hydrogen-bond acceptors (Lipinski definition) is 2. The van der Waals surface area contributed by atoms with Gasteiger partial charge in [0.05, 0.1) is 6.67 Å². The SMILES string of the molecule is CCCCC(CC)CNC(=NCC(=O)N(C)C)NCCCF.I. The Morgan fingerprint density at radius 2 is 1.91 bits per heavy atom. The number of likely N-dealkylation sites (N-methyl/N-ethyl adjacent to an activating group) is 1. The molecule has 0 fully saturated rings. The molecule has 1 atom stereocenters. The highest BCUT2D eigenvalue weighted by molar-refractivity contribution is 14.0. The van der Waals surface area contributed by atoms with Crippen molar-refractivity contribution in [2.45, 2.75) is 46.0 Å². The van der Waals surface area contributed by atoms with Crippen LogP contribution in [0.25, 0.3) is 0 Å². The molecule has 0 aliphatic carbocycles. The van der Waals surface area contributed by atoms with Crippen molar-refractivity contribution < 1.29 is 9.18 Å². The van der Waals surface area contributed by atoms with Crippen molar-refractivity contribution in [1.82, 2.24) is 15.5 Å². The Balaban J connectivity index is 0. The first kappa shape index (κ1) is 24.6. The Labute approximate surface area is 157 Å². The van der Waals surface area contributed by atoms with Crippen LogP contribution in [0.4, 0.5) is 4.39 Å². The number of aliphatic imine (C=N–C) groups is 1. The maximum absolute atomic E-state index is 12.2. The Kier molecular flexibility index (Phi) is 17.4. The van der Waals surface area contributed by atoms with E-state index in [4.69, 9.17) is 0 Å². The lowest BCUT2D eigenvalue weighted by atomic mass is 9.99. The largest absolute Gasteiger partial charge is 0.356 e. The average molecular weight is 444 g/mol. The number of carbonyl (C=O) groups is 1. The van der Waals surface area contributed by atoms with Gasteiger partial charge in [0.25, 0.3) is 0 Å². The number of nitrogens with one attached hydrogen (secondary N) is 2. The number of halogens is 2. The Morgan fingerprint density at radius 3 is 2.43 bits per heavy atom. The zero-order chi connectivity index (χ0) is 16.8. The van der Waals surface area contributed by atoms with E-state index in [1.165, 1.54) is 24.2 Å². The Morgan fingerprint density at radius 1 is 1.22 bits per heavy atom. The summed E-state index contributed by atoms with van der Waals surface area (Å²) in [6.07, 6.45) is 5.16. The highest BCUT2D eigenvalue weighted by Gasteiger charge is 2.08. The molecule has 0 radical (unpaired) electrons. The lowest BCUT2D eigenvalue weighted by Gasteiger charge is -2.18. The lowest BCUT2D eigenvalue weighted by molar-refractivity contribution is -0.127. The number of carbonyl (C=O) groups excluding carboxylic acids is 1. The monoisotopic (exact) mass is 444 g/mol. The molecule has 138 valence electrons. The molecule has 0 heterocycles. The average Bonchev–Trinajstić information content (AvgIpc) is 2.51. The van der Waals surface area contributed by atoms with Crippen LogP contribution < -0.4 is 10.6 Å². The van der Waals surface area contributed by atoms with E-state index in [1.54, 1.807) is 14.1 Å². The third-order valence-electron chi connectivity index (χ3n) is 3.58. The Bertz CT molecular complexity index is 327. The molecule has 0 aliphatic heterocycles. The van der Waals surface area contributed by atoms with Crippen LogP contribution in [0.2, 0.25) is 0 Å². The maximum atomic E-state index is 12.2. The lowest BCUT2D eigenvalue weighted by Crippen LogP contribution is -2.41. The predicted octanol–water partition coefficient (Wildman–Crippen LogP) is 2.80. The molecule has 7 heteroatoms. The summed E-state index contributed by atoms with van der Waals surface area (Å²) >= 11 is 0. The van der Waals surface area contributed by atoms with Crippen LogP contribution in [0.5, 0.6) is 0 Å². The van der Waals surface area contributed by atoms with E-state index >= 15 is 0 Å². The van der Waals surface area contributed by atoms with Gasteiger partial charge in [-0.3, -0.25) is 9.18 Å². The third kappa shape index (κ3) is 13.5. The molecule has 23 heavy (non-hydrogen) atoms. The first-order valence-electron chi connectivity index (χ1n) is 8.33. The first-order valence-corrected chi connectivity index (χ1v) is 8.33. The van der Waals surface area contributed by atoms with Crippen LogP contribution in [0.15, 0.2) is 4.99 Å². The highest BCUT2D eigenvalue weighted by Crippen LogP contribution is 2.10. The van der Waals surface area contributed by atoms with Crippen molar-refractivity contribution >= 4 is 35.8 Å². The summed E-state index contributed by atoms with van der Waals surface area (Å²) in [5.41, 5.74) is 0.